The Morgan fingerprint density at radius 2 is 0.569 bits per heavy atom. The van der Waals surface area contributed by atoms with E-state index in [9.17, 15) is 14.4 Å². The molecule has 1 atom stereocenters. The van der Waals surface area contributed by atoms with E-state index < -0.39 is 6.10 Å². The third-order valence-corrected chi connectivity index (χ3v) is 10.1. The minimum atomic E-state index is -0.822. The second-order valence-electron chi connectivity index (χ2n) is 16.3. The van der Waals surface area contributed by atoms with E-state index in [1.807, 2.05) is 0 Å². The van der Waals surface area contributed by atoms with Crippen molar-refractivity contribution in [3.8, 4) is 0 Å². The van der Waals surface area contributed by atoms with Gasteiger partial charge in [0.05, 0.1) is 0 Å². The fraction of sp³-hybridized carbons (Fsp3) is 0.576. The van der Waals surface area contributed by atoms with E-state index in [-0.39, 0.29) is 44.0 Å². The SMILES string of the molecule is CC/C=C\C/C=C\C/C=C\C/C=C\C/C=C\CCCC(=O)OC[C@H](COC(=O)CCCCCCC/C=C\C/C=C\C/C=C\CC)OC(=O)CCCCCCC/C=C\C/C=C\C/C=C\CC. The summed E-state index contributed by atoms with van der Waals surface area (Å²) < 4.78 is 16.7. The van der Waals surface area contributed by atoms with Gasteiger partial charge in [0.15, 0.2) is 6.10 Å². The van der Waals surface area contributed by atoms with Crippen LogP contribution in [0.25, 0.3) is 0 Å². The van der Waals surface area contributed by atoms with Gasteiger partial charge in [0.25, 0.3) is 0 Å². The lowest BCUT2D eigenvalue weighted by atomic mass is 10.1. The standard InChI is InChI=1S/C59H92O6/c1-4-7-10-13-16-19-22-25-28-29-32-34-37-40-43-46-49-52-58(61)64-55-56(65-59(62)53-50-47-44-41-38-35-31-27-24-21-18-15-12-9-6-3)54-63-57(60)51-48-45-42-39-36-33-30-26-23-20-17-14-11-8-5-2/h7-12,16-21,25-28,30-32,34,40,43,56H,4-6,13-15,22-24,29,33,35-39,41-42,44-55H2,1-3H3/b10-7-,11-8-,12-9-,19-16-,20-17-,21-18-,28-25-,30-26-,31-27-,34-32-,43-40-/t56-/m0/s1. The lowest BCUT2D eigenvalue weighted by Crippen LogP contribution is -2.30. The van der Waals surface area contributed by atoms with Crippen LogP contribution in [0.15, 0.2) is 134 Å². The zero-order valence-corrected chi connectivity index (χ0v) is 41.4. The normalized spacial score (nSPS) is 13.2. The fourth-order valence-electron chi connectivity index (χ4n) is 6.39. The number of hydrogen-bond acceptors (Lipinski definition) is 6. The van der Waals surface area contributed by atoms with E-state index in [1.165, 1.54) is 0 Å². The highest BCUT2D eigenvalue weighted by Crippen LogP contribution is 2.12. The topological polar surface area (TPSA) is 78.9 Å². The molecular weight excluding hydrogens is 805 g/mol. The lowest BCUT2D eigenvalue weighted by Gasteiger charge is -2.18. The van der Waals surface area contributed by atoms with Crippen LogP contribution in [-0.4, -0.2) is 37.2 Å². The van der Waals surface area contributed by atoms with Crippen LogP contribution in [0, 0.1) is 0 Å². The summed E-state index contributed by atoms with van der Waals surface area (Å²) in [5.41, 5.74) is 0. The summed E-state index contributed by atoms with van der Waals surface area (Å²) in [5.74, 6) is -1.02. The largest absolute Gasteiger partial charge is 0.462 e. The van der Waals surface area contributed by atoms with E-state index >= 15 is 0 Å². The van der Waals surface area contributed by atoms with Gasteiger partial charge in [-0.2, -0.15) is 0 Å². The molecule has 0 saturated carbocycles. The molecule has 0 radical (unpaired) electrons. The van der Waals surface area contributed by atoms with E-state index in [4.69, 9.17) is 14.2 Å². The minimum absolute atomic E-state index is 0.117. The van der Waals surface area contributed by atoms with Crippen LogP contribution < -0.4 is 0 Å². The summed E-state index contributed by atoms with van der Waals surface area (Å²) in [6.07, 6.45) is 72.9. The van der Waals surface area contributed by atoms with E-state index in [0.717, 1.165) is 154 Å². The predicted octanol–water partition coefficient (Wildman–Crippen LogP) is 17.1. The van der Waals surface area contributed by atoms with Gasteiger partial charge in [-0.05, 0) is 122 Å². The van der Waals surface area contributed by atoms with Gasteiger partial charge in [-0.1, -0.05) is 193 Å². The molecule has 0 aromatic heterocycles. The number of hydrogen-bond donors (Lipinski definition) is 0. The molecule has 364 valence electrons. The molecule has 0 saturated heterocycles. The molecule has 0 aromatic rings. The van der Waals surface area contributed by atoms with Gasteiger partial charge in [-0.15, -0.1) is 0 Å². The number of allylic oxidation sites excluding steroid dienone is 22. The first-order valence-corrected chi connectivity index (χ1v) is 25.7. The van der Waals surface area contributed by atoms with Gasteiger partial charge in [0.2, 0.25) is 0 Å². The molecule has 0 unspecified atom stereocenters. The van der Waals surface area contributed by atoms with Crippen LogP contribution in [0.5, 0.6) is 0 Å². The van der Waals surface area contributed by atoms with E-state index in [0.29, 0.717) is 12.8 Å². The van der Waals surface area contributed by atoms with E-state index in [2.05, 4.69) is 154 Å². The Kier molecular flexibility index (Phi) is 48.6. The van der Waals surface area contributed by atoms with Crippen molar-refractivity contribution in [1.29, 1.82) is 0 Å². The van der Waals surface area contributed by atoms with Gasteiger partial charge in [-0.3, -0.25) is 14.4 Å². The quantitative estimate of drug-likeness (QED) is 0.0262. The highest BCUT2D eigenvalue weighted by molar-refractivity contribution is 5.71. The van der Waals surface area contributed by atoms with Crippen LogP contribution in [0.4, 0.5) is 0 Å². The monoisotopic (exact) mass is 897 g/mol. The van der Waals surface area contributed by atoms with Gasteiger partial charge < -0.3 is 14.2 Å². The predicted molar refractivity (Wildman–Crippen MR) is 279 cm³/mol. The Labute approximate surface area is 398 Å². The summed E-state index contributed by atoms with van der Waals surface area (Å²) in [5, 5.41) is 0. The molecule has 0 heterocycles. The van der Waals surface area contributed by atoms with Crippen molar-refractivity contribution in [3.63, 3.8) is 0 Å². The third kappa shape index (κ3) is 50.4. The van der Waals surface area contributed by atoms with Crippen molar-refractivity contribution in [2.24, 2.45) is 0 Å². The Hall–Kier alpha value is -4.45. The highest BCUT2D eigenvalue weighted by Gasteiger charge is 2.19. The molecule has 0 aromatic carbocycles. The van der Waals surface area contributed by atoms with Crippen LogP contribution in [0.1, 0.15) is 201 Å². The summed E-state index contributed by atoms with van der Waals surface area (Å²) in [6.45, 7) is 6.20. The molecule has 0 bridgehead atoms. The lowest BCUT2D eigenvalue weighted by molar-refractivity contribution is -0.167. The third-order valence-electron chi connectivity index (χ3n) is 10.1. The van der Waals surface area contributed by atoms with Gasteiger partial charge in [0.1, 0.15) is 13.2 Å². The molecule has 0 spiro atoms. The van der Waals surface area contributed by atoms with Gasteiger partial charge in [-0.25, -0.2) is 0 Å². The molecule has 0 N–H and O–H groups in total. The van der Waals surface area contributed by atoms with Crippen molar-refractivity contribution < 1.29 is 28.6 Å². The Bertz CT molecular complexity index is 1450. The minimum Gasteiger partial charge on any atom is -0.462 e. The van der Waals surface area contributed by atoms with Crippen molar-refractivity contribution in [1.82, 2.24) is 0 Å². The average molecular weight is 897 g/mol. The second-order valence-corrected chi connectivity index (χ2v) is 16.3. The molecule has 6 heteroatoms. The molecular formula is C59H92O6. The second kappa shape index (κ2) is 52.2. The van der Waals surface area contributed by atoms with Gasteiger partial charge >= 0.3 is 17.9 Å². The van der Waals surface area contributed by atoms with Crippen molar-refractivity contribution >= 4 is 17.9 Å². The maximum absolute atomic E-state index is 12.8. The summed E-state index contributed by atoms with van der Waals surface area (Å²) in [6, 6.07) is 0. The van der Waals surface area contributed by atoms with Crippen molar-refractivity contribution in [3.05, 3.63) is 134 Å². The smallest absolute Gasteiger partial charge is 0.306 e. The molecule has 6 nitrogen and oxygen atoms in total. The Balaban J connectivity index is 4.56. The summed E-state index contributed by atoms with van der Waals surface area (Å²) in [7, 11) is 0. The maximum atomic E-state index is 12.8. The number of rotatable bonds is 44. The highest BCUT2D eigenvalue weighted by atomic mass is 16.6. The first-order chi connectivity index (χ1) is 32.0. The summed E-state index contributed by atoms with van der Waals surface area (Å²) in [4.78, 5) is 38.0. The number of ether oxygens (including phenoxy) is 3. The average Bonchev–Trinajstić information content (AvgIpc) is 3.30. The molecule has 0 rings (SSSR count). The van der Waals surface area contributed by atoms with E-state index in [1.54, 1.807) is 0 Å². The van der Waals surface area contributed by atoms with Crippen LogP contribution in [-0.2, 0) is 28.6 Å². The first kappa shape index (κ1) is 60.5. The number of esters is 3. The maximum Gasteiger partial charge on any atom is 0.306 e. The molecule has 0 amide bonds. The molecule has 65 heavy (non-hydrogen) atoms. The summed E-state index contributed by atoms with van der Waals surface area (Å²) >= 11 is 0. The van der Waals surface area contributed by atoms with Crippen molar-refractivity contribution in [2.45, 2.75) is 207 Å². The fourth-order valence-corrected chi connectivity index (χ4v) is 6.39. The Morgan fingerprint density at radius 1 is 0.308 bits per heavy atom. The number of carbonyl (C=O) groups excluding carboxylic acids is 3. The molecule has 0 aliphatic carbocycles. The molecule has 0 fully saturated rings. The van der Waals surface area contributed by atoms with Crippen LogP contribution >= 0.6 is 0 Å². The molecule has 0 aliphatic heterocycles. The Morgan fingerprint density at radius 3 is 0.923 bits per heavy atom. The van der Waals surface area contributed by atoms with Gasteiger partial charge in [0, 0.05) is 19.3 Å². The molecule has 0 aliphatic rings. The zero-order chi connectivity index (χ0) is 47.2. The van der Waals surface area contributed by atoms with Crippen molar-refractivity contribution in [2.75, 3.05) is 13.2 Å². The van der Waals surface area contributed by atoms with Crippen LogP contribution in [0.3, 0.4) is 0 Å². The number of unbranched alkanes of at least 4 members (excludes halogenated alkanes) is 11. The number of carbonyl (C=O) groups is 3. The zero-order valence-electron chi connectivity index (χ0n) is 41.4. The first-order valence-electron chi connectivity index (χ1n) is 25.7. The van der Waals surface area contributed by atoms with Crippen LogP contribution in [0.2, 0.25) is 0 Å².